The van der Waals surface area contributed by atoms with Crippen molar-refractivity contribution < 1.29 is 33.1 Å². The zero-order valence-corrected chi connectivity index (χ0v) is 21.1. The number of nitrogens with one attached hydrogen (secondary N) is 2. The van der Waals surface area contributed by atoms with Crippen LogP contribution in [0.15, 0.2) is 48.5 Å². The van der Waals surface area contributed by atoms with E-state index in [9.17, 15) is 33.1 Å². The van der Waals surface area contributed by atoms with E-state index >= 15 is 0 Å². The Hall–Kier alpha value is -3.82. The summed E-state index contributed by atoms with van der Waals surface area (Å²) in [6.07, 6.45) is 0. The lowest BCUT2D eigenvalue weighted by Crippen LogP contribution is -2.42. The largest absolute Gasteiger partial charge is 0.481 e. The van der Waals surface area contributed by atoms with Crippen LogP contribution in [0.3, 0.4) is 0 Å². The lowest BCUT2D eigenvalue weighted by molar-refractivity contribution is -0.149. The molecule has 0 aliphatic carbocycles. The van der Waals surface area contributed by atoms with E-state index in [4.69, 9.17) is 0 Å². The molecule has 1 aliphatic heterocycles. The molecule has 1 fully saturated rings. The number of imide groups is 1. The van der Waals surface area contributed by atoms with Gasteiger partial charge in [0.25, 0.3) is 0 Å². The Bertz CT molecular complexity index is 1170. The Morgan fingerprint density at radius 2 is 1.56 bits per heavy atom. The number of hydrogen-bond donors (Lipinski definition) is 3. The second kappa shape index (κ2) is 10.8. The van der Waals surface area contributed by atoms with E-state index < -0.39 is 58.5 Å². The van der Waals surface area contributed by atoms with E-state index in [2.05, 4.69) is 10.6 Å². The number of urea groups is 1. The van der Waals surface area contributed by atoms with Crippen molar-refractivity contribution in [2.24, 2.45) is 5.41 Å². The monoisotopic (exact) mass is 503 g/mol. The van der Waals surface area contributed by atoms with Crippen LogP contribution in [0.5, 0.6) is 0 Å². The highest BCUT2D eigenvalue weighted by Gasteiger charge is 2.48. The van der Waals surface area contributed by atoms with Gasteiger partial charge in [-0.3, -0.25) is 19.3 Å². The second-order valence-corrected chi connectivity index (χ2v) is 9.65. The number of carbonyl (C=O) groups excluding carboxylic acids is 3. The van der Waals surface area contributed by atoms with Gasteiger partial charge in [0, 0.05) is 25.0 Å². The summed E-state index contributed by atoms with van der Waals surface area (Å²) in [6, 6.07) is 9.97. The first kappa shape index (κ1) is 28.4. The van der Waals surface area contributed by atoms with Crippen LogP contribution < -0.4 is 10.6 Å². The van der Waals surface area contributed by atoms with Crippen molar-refractivity contribution in [1.29, 1.82) is 0 Å². The van der Waals surface area contributed by atoms with Crippen LogP contribution in [-0.2, 0) is 14.4 Å². The highest BCUT2D eigenvalue weighted by Crippen LogP contribution is 2.38. The number of benzene rings is 2. The van der Waals surface area contributed by atoms with Gasteiger partial charge in [0.1, 0.15) is 11.6 Å². The van der Waals surface area contributed by atoms with Gasteiger partial charge in [-0.2, -0.15) is 0 Å². The smallest absolute Gasteiger partial charge is 0.325 e. The number of hydrogen-bond acceptors (Lipinski definition) is 4. The number of nitrogens with zero attached hydrogens (tertiary/aromatic N) is 1. The minimum Gasteiger partial charge on any atom is -0.481 e. The summed E-state index contributed by atoms with van der Waals surface area (Å²) in [5.74, 6) is -2.86. The summed E-state index contributed by atoms with van der Waals surface area (Å²) >= 11 is 0. The van der Waals surface area contributed by atoms with Gasteiger partial charge in [0.15, 0.2) is 0 Å². The highest BCUT2D eigenvalue weighted by atomic mass is 19.1. The van der Waals surface area contributed by atoms with Gasteiger partial charge in [-0.1, -0.05) is 36.4 Å². The molecule has 0 spiro atoms. The van der Waals surface area contributed by atoms with E-state index in [1.54, 1.807) is 38.1 Å². The number of aliphatic carboxylic acids is 1. The fourth-order valence-electron chi connectivity index (χ4n) is 4.08. The first-order valence-electron chi connectivity index (χ1n) is 11.2. The molecule has 3 rings (SSSR count). The van der Waals surface area contributed by atoms with E-state index in [1.807, 2.05) is 0 Å². The molecular formula is C26H31F2N3O5. The first-order valence-corrected chi connectivity index (χ1v) is 11.2. The molecule has 0 radical (unpaired) electrons. The molecule has 194 valence electrons. The molecule has 1 saturated heterocycles. The maximum Gasteiger partial charge on any atom is 0.325 e. The average molecular weight is 504 g/mol. The van der Waals surface area contributed by atoms with Crippen molar-refractivity contribution in [1.82, 2.24) is 15.5 Å². The van der Waals surface area contributed by atoms with E-state index in [-0.39, 0.29) is 5.56 Å². The normalized spacial score (nSPS) is 17.4. The lowest BCUT2D eigenvalue weighted by atomic mass is 9.80. The molecule has 3 N–H and O–H groups in total. The van der Waals surface area contributed by atoms with Gasteiger partial charge in [-0.15, -0.1) is 0 Å². The average Bonchev–Trinajstić information content (AvgIpc) is 3.01. The molecule has 2 atom stereocenters. The number of amides is 4. The number of halogens is 2. The minimum atomic E-state index is -1.31. The van der Waals surface area contributed by atoms with Crippen molar-refractivity contribution >= 4 is 23.8 Å². The number of carbonyl (C=O) groups is 4. The number of carboxylic acid groups (broad SMARTS) is 1. The van der Waals surface area contributed by atoms with Crippen LogP contribution >= 0.6 is 0 Å². The maximum absolute atomic E-state index is 13.9. The third kappa shape index (κ3) is 6.05. The molecular weight excluding hydrogens is 472 g/mol. The SMILES string of the molecule is CC(=O)N1C(=O)NC(C)(C)C1c1ccccc1F.CC(=O)NC(c1ccccc1F)C(C)(C)C(=O)O. The topological polar surface area (TPSA) is 116 Å². The van der Waals surface area contributed by atoms with E-state index in [0.717, 1.165) is 4.90 Å². The van der Waals surface area contributed by atoms with Crippen LogP contribution in [0.25, 0.3) is 0 Å². The van der Waals surface area contributed by atoms with Crippen molar-refractivity contribution in [3.8, 4) is 0 Å². The number of rotatable bonds is 5. The Morgan fingerprint density at radius 1 is 1.03 bits per heavy atom. The lowest BCUT2D eigenvalue weighted by Gasteiger charge is -2.31. The van der Waals surface area contributed by atoms with Gasteiger partial charge >= 0.3 is 12.0 Å². The summed E-state index contributed by atoms with van der Waals surface area (Å²) in [5.41, 5.74) is -1.50. The standard InChI is InChI=1S/C13H15FN2O2.C13H16FNO3/c1-8(17)16-11(13(2,3)15-12(16)18)9-6-4-5-7-10(9)14;1-8(16)15-11(13(2,3)12(17)18)9-6-4-5-7-10(9)14/h4-7,11H,1-3H3,(H,15,18);4-7,11H,1-3H3,(H,15,16)(H,17,18). The summed E-state index contributed by atoms with van der Waals surface area (Å²) in [4.78, 5) is 46.9. The zero-order chi connectivity index (χ0) is 27.4. The van der Waals surface area contributed by atoms with Crippen molar-refractivity contribution in [2.75, 3.05) is 0 Å². The molecule has 1 heterocycles. The molecule has 2 unspecified atom stereocenters. The van der Waals surface area contributed by atoms with Gasteiger partial charge < -0.3 is 15.7 Å². The summed E-state index contributed by atoms with van der Waals surface area (Å²) in [6.45, 7) is 9.00. The van der Waals surface area contributed by atoms with Gasteiger partial charge in [-0.25, -0.2) is 13.6 Å². The Labute approximate surface area is 208 Å². The van der Waals surface area contributed by atoms with Gasteiger partial charge in [0.05, 0.1) is 23.0 Å². The van der Waals surface area contributed by atoms with Gasteiger partial charge in [-0.05, 0) is 39.8 Å². The molecule has 0 saturated carbocycles. The Morgan fingerprint density at radius 3 is 2.03 bits per heavy atom. The fourth-order valence-corrected chi connectivity index (χ4v) is 4.08. The quantitative estimate of drug-likeness (QED) is 0.562. The third-order valence-corrected chi connectivity index (χ3v) is 5.97. The molecule has 36 heavy (non-hydrogen) atoms. The molecule has 2 aromatic rings. The fraction of sp³-hybridized carbons (Fsp3) is 0.385. The summed E-state index contributed by atoms with van der Waals surface area (Å²) < 4.78 is 27.6. The predicted molar refractivity (Wildman–Crippen MR) is 129 cm³/mol. The summed E-state index contributed by atoms with van der Waals surface area (Å²) in [5, 5.41) is 14.4. The third-order valence-electron chi connectivity index (χ3n) is 5.97. The van der Waals surface area contributed by atoms with Crippen molar-refractivity contribution in [2.45, 2.75) is 59.2 Å². The van der Waals surface area contributed by atoms with Crippen LogP contribution in [0.4, 0.5) is 13.6 Å². The molecule has 4 amide bonds. The minimum absolute atomic E-state index is 0.167. The number of carboxylic acids is 1. The van der Waals surface area contributed by atoms with E-state index in [0.29, 0.717) is 5.56 Å². The molecule has 8 nitrogen and oxygen atoms in total. The van der Waals surface area contributed by atoms with Crippen LogP contribution in [-0.4, -0.2) is 39.4 Å². The predicted octanol–water partition coefficient (Wildman–Crippen LogP) is 4.33. The second-order valence-electron chi connectivity index (χ2n) is 9.65. The van der Waals surface area contributed by atoms with Crippen molar-refractivity contribution in [3.05, 3.63) is 71.3 Å². The van der Waals surface area contributed by atoms with Gasteiger partial charge in [0.2, 0.25) is 11.8 Å². The molecule has 0 aromatic heterocycles. The molecule has 0 bridgehead atoms. The van der Waals surface area contributed by atoms with Crippen LogP contribution in [0.2, 0.25) is 0 Å². The van der Waals surface area contributed by atoms with Crippen molar-refractivity contribution in [3.63, 3.8) is 0 Å². The maximum atomic E-state index is 13.9. The Kier molecular flexibility index (Phi) is 8.56. The van der Waals surface area contributed by atoms with Crippen LogP contribution in [0, 0.1) is 17.0 Å². The first-order chi connectivity index (χ1) is 16.6. The highest BCUT2D eigenvalue weighted by molar-refractivity contribution is 5.96. The zero-order valence-electron chi connectivity index (χ0n) is 21.1. The summed E-state index contributed by atoms with van der Waals surface area (Å²) in [7, 11) is 0. The Balaban J connectivity index is 0.000000254. The molecule has 10 heteroatoms. The molecule has 1 aliphatic rings. The van der Waals surface area contributed by atoms with Crippen LogP contribution in [0.1, 0.15) is 64.8 Å². The van der Waals surface area contributed by atoms with E-state index in [1.165, 1.54) is 52.0 Å². The molecule has 2 aromatic carbocycles.